The van der Waals surface area contributed by atoms with Gasteiger partial charge < -0.3 is 9.88 Å². The molecule has 0 fully saturated rings. The highest BCUT2D eigenvalue weighted by Gasteiger charge is 2.16. The van der Waals surface area contributed by atoms with Crippen molar-refractivity contribution < 1.29 is 9.18 Å². The van der Waals surface area contributed by atoms with Crippen LogP contribution in [0.2, 0.25) is 5.02 Å². The third-order valence-electron chi connectivity index (χ3n) is 3.23. The molecule has 2 aromatic carbocycles. The van der Waals surface area contributed by atoms with Gasteiger partial charge in [0, 0.05) is 21.4 Å². The second-order valence-corrected chi connectivity index (χ2v) is 7.41. The summed E-state index contributed by atoms with van der Waals surface area (Å²) in [5, 5.41) is 11.6. The lowest BCUT2D eigenvalue weighted by Crippen LogP contribution is -2.14. The van der Waals surface area contributed by atoms with Gasteiger partial charge in [-0.15, -0.1) is 10.2 Å². The molecule has 5 nitrogen and oxygen atoms in total. The van der Waals surface area contributed by atoms with Crippen molar-refractivity contribution in [1.82, 2.24) is 14.8 Å². The molecule has 3 aromatic rings. The fraction of sp³-hybridized carbons (Fsp3) is 0.0625. The first-order valence-electron chi connectivity index (χ1n) is 7.02. The standard InChI is InChI=1S/C16H11BrClFN4OS/c1-23-8-20-22-16(23)25-14-5-3-10(18)7-13(14)21-15(24)11-6-9(17)2-4-12(11)19/h2-8H,1H3,(H,21,24). The van der Waals surface area contributed by atoms with Gasteiger partial charge in [-0.05, 0) is 48.2 Å². The summed E-state index contributed by atoms with van der Waals surface area (Å²) in [4.78, 5) is 13.2. The number of amides is 1. The Morgan fingerprint density at radius 2 is 2.12 bits per heavy atom. The van der Waals surface area contributed by atoms with Gasteiger partial charge in [-0.2, -0.15) is 0 Å². The predicted molar refractivity (Wildman–Crippen MR) is 98.6 cm³/mol. The van der Waals surface area contributed by atoms with E-state index in [4.69, 9.17) is 11.6 Å². The van der Waals surface area contributed by atoms with Gasteiger partial charge in [0.25, 0.3) is 5.91 Å². The van der Waals surface area contributed by atoms with Gasteiger partial charge in [0.05, 0.1) is 11.3 Å². The molecule has 1 amide bonds. The summed E-state index contributed by atoms with van der Waals surface area (Å²) in [5.74, 6) is -1.17. The lowest BCUT2D eigenvalue weighted by Gasteiger charge is -2.11. The molecule has 0 saturated carbocycles. The number of carbonyl (C=O) groups is 1. The van der Waals surface area contributed by atoms with E-state index in [1.807, 2.05) is 7.05 Å². The zero-order chi connectivity index (χ0) is 18.0. The van der Waals surface area contributed by atoms with Crippen LogP contribution in [0, 0.1) is 5.82 Å². The number of halogens is 3. The topological polar surface area (TPSA) is 59.8 Å². The summed E-state index contributed by atoms with van der Waals surface area (Å²) in [7, 11) is 1.81. The first kappa shape index (κ1) is 17.9. The van der Waals surface area contributed by atoms with Crippen LogP contribution in [0.25, 0.3) is 0 Å². The van der Waals surface area contributed by atoms with E-state index < -0.39 is 11.7 Å². The monoisotopic (exact) mass is 440 g/mol. The summed E-state index contributed by atoms with van der Waals surface area (Å²) < 4.78 is 16.3. The Balaban J connectivity index is 1.91. The lowest BCUT2D eigenvalue weighted by atomic mass is 10.2. The summed E-state index contributed by atoms with van der Waals surface area (Å²) in [6.07, 6.45) is 1.58. The number of rotatable bonds is 4. The minimum absolute atomic E-state index is 0.0658. The van der Waals surface area contributed by atoms with Crippen molar-refractivity contribution in [1.29, 1.82) is 0 Å². The maximum Gasteiger partial charge on any atom is 0.258 e. The smallest absolute Gasteiger partial charge is 0.258 e. The van der Waals surface area contributed by atoms with E-state index in [9.17, 15) is 9.18 Å². The molecule has 128 valence electrons. The van der Waals surface area contributed by atoms with Gasteiger partial charge >= 0.3 is 0 Å². The Labute approximate surface area is 160 Å². The van der Waals surface area contributed by atoms with E-state index in [-0.39, 0.29) is 5.56 Å². The summed E-state index contributed by atoms with van der Waals surface area (Å²) >= 11 is 10.6. The molecule has 0 bridgehead atoms. The van der Waals surface area contributed by atoms with Crippen LogP contribution in [0.15, 0.2) is 57.3 Å². The molecule has 9 heteroatoms. The van der Waals surface area contributed by atoms with E-state index in [0.717, 1.165) is 0 Å². The van der Waals surface area contributed by atoms with Gasteiger partial charge in [-0.1, -0.05) is 27.5 Å². The van der Waals surface area contributed by atoms with Crippen molar-refractivity contribution >= 4 is 50.9 Å². The third-order valence-corrected chi connectivity index (χ3v) is 5.09. The molecule has 1 aromatic heterocycles. The number of anilines is 1. The molecular weight excluding hydrogens is 431 g/mol. The number of hydrogen-bond donors (Lipinski definition) is 1. The van der Waals surface area contributed by atoms with Gasteiger partial charge in [-0.25, -0.2) is 4.39 Å². The van der Waals surface area contributed by atoms with E-state index >= 15 is 0 Å². The fourth-order valence-corrected chi connectivity index (χ4v) is 3.38. The molecule has 0 saturated heterocycles. The van der Waals surface area contributed by atoms with E-state index in [1.165, 1.54) is 30.0 Å². The largest absolute Gasteiger partial charge is 0.321 e. The predicted octanol–water partition coefficient (Wildman–Crippen LogP) is 4.77. The molecule has 0 aliphatic carbocycles. The maximum absolute atomic E-state index is 13.9. The second-order valence-electron chi connectivity index (χ2n) is 5.05. The van der Waals surface area contributed by atoms with Gasteiger partial charge in [0.2, 0.25) is 0 Å². The Hall–Kier alpha value is -1.90. The van der Waals surface area contributed by atoms with Crippen LogP contribution < -0.4 is 5.32 Å². The SMILES string of the molecule is Cn1cnnc1Sc1ccc(Cl)cc1NC(=O)c1cc(Br)ccc1F. The summed E-state index contributed by atoms with van der Waals surface area (Å²) in [6.45, 7) is 0. The minimum Gasteiger partial charge on any atom is -0.321 e. The molecule has 0 aliphatic rings. The van der Waals surface area contributed by atoms with Crippen molar-refractivity contribution in [3.8, 4) is 0 Å². The van der Waals surface area contributed by atoms with Crippen LogP contribution >= 0.6 is 39.3 Å². The Morgan fingerprint density at radius 3 is 2.84 bits per heavy atom. The zero-order valence-corrected chi connectivity index (χ0v) is 16.0. The Morgan fingerprint density at radius 1 is 1.32 bits per heavy atom. The first-order valence-corrected chi connectivity index (χ1v) is 9.00. The normalized spacial score (nSPS) is 10.7. The van der Waals surface area contributed by atoms with Crippen LogP contribution in [-0.2, 0) is 7.05 Å². The number of benzene rings is 2. The molecule has 25 heavy (non-hydrogen) atoms. The van der Waals surface area contributed by atoms with Crippen LogP contribution in [0.3, 0.4) is 0 Å². The maximum atomic E-state index is 13.9. The van der Waals surface area contributed by atoms with Gasteiger partial charge in [0.15, 0.2) is 5.16 Å². The van der Waals surface area contributed by atoms with Crippen LogP contribution in [-0.4, -0.2) is 20.7 Å². The molecule has 3 rings (SSSR count). The number of nitrogens with one attached hydrogen (secondary N) is 1. The molecule has 1 N–H and O–H groups in total. The number of hydrogen-bond acceptors (Lipinski definition) is 4. The molecule has 0 spiro atoms. The number of aromatic nitrogens is 3. The average molecular weight is 442 g/mol. The van der Waals surface area contributed by atoms with Gasteiger partial charge in [-0.3, -0.25) is 4.79 Å². The first-order chi connectivity index (χ1) is 11.9. The average Bonchev–Trinajstić information content (AvgIpc) is 2.97. The molecule has 0 atom stereocenters. The van der Waals surface area contributed by atoms with Crippen molar-refractivity contribution in [2.24, 2.45) is 7.05 Å². The minimum atomic E-state index is -0.606. The summed E-state index contributed by atoms with van der Waals surface area (Å²) in [5.41, 5.74) is 0.397. The molecule has 1 heterocycles. The van der Waals surface area contributed by atoms with Crippen molar-refractivity contribution in [2.45, 2.75) is 10.1 Å². The van der Waals surface area contributed by atoms with Crippen LogP contribution in [0.4, 0.5) is 10.1 Å². The van der Waals surface area contributed by atoms with Crippen molar-refractivity contribution in [3.63, 3.8) is 0 Å². The van der Waals surface area contributed by atoms with Crippen LogP contribution in [0.5, 0.6) is 0 Å². The van der Waals surface area contributed by atoms with Crippen molar-refractivity contribution in [2.75, 3.05) is 5.32 Å². The lowest BCUT2D eigenvalue weighted by molar-refractivity contribution is 0.102. The van der Waals surface area contributed by atoms with E-state index in [0.29, 0.717) is 25.2 Å². The summed E-state index contributed by atoms with van der Waals surface area (Å²) in [6, 6.07) is 9.25. The number of nitrogens with zero attached hydrogens (tertiary/aromatic N) is 3. The van der Waals surface area contributed by atoms with E-state index in [1.54, 1.807) is 29.1 Å². The molecular formula is C16H11BrClFN4OS. The quantitative estimate of drug-likeness (QED) is 0.633. The highest BCUT2D eigenvalue weighted by Crippen LogP contribution is 2.34. The third kappa shape index (κ3) is 4.20. The highest BCUT2D eigenvalue weighted by molar-refractivity contribution is 9.10. The number of aryl methyl sites for hydroxylation is 1. The Kier molecular flexibility index (Phi) is 5.41. The van der Waals surface area contributed by atoms with Gasteiger partial charge in [0.1, 0.15) is 12.1 Å². The molecule has 0 radical (unpaired) electrons. The zero-order valence-electron chi connectivity index (χ0n) is 12.8. The Bertz CT molecular complexity index is 950. The highest BCUT2D eigenvalue weighted by atomic mass is 79.9. The van der Waals surface area contributed by atoms with Crippen molar-refractivity contribution in [3.05, 3.63) is 63.6 Å². The number of carbonyl (C=O) groups excluding carboxylic acids is 1. The fourth-order valence-electron chi connectivity index (χ4n) is 2.01. The molecule has 0 unspecified atom stereocenters. The molecule has 0 aliphatic heterocycles. The van der Waals surface area contributed by atoms with E-state index in [2.05, 4.69) is 31.4 Å². The van der Waals surface area contributed by atoms with Crippen LogP contribution in [0.1, 0.15) is 10.4 Å². The second kappa shape index (κ2) is 7.55.